The standard InChI is InChI=1S/C12H21NO4/c1-11(2,3)17-9(14)8-5-4-6-12(8,7-13)10(15)16/h8H,4-7,13H2,1-3H3,(H,15,16)/t8-,12-/m0/s1. The van der Waals surface area contributed by atoms with Crippen molar-refractivity contribution in [3.63, 3.8) is 0 Å². The van der Waals surface area contributed by atoms with E-state index in [1.807, 2.05) is 0 Å². The quantitative estimate of drug-likeness (QED) is 0.650. The van der Waals surface area contributed by atoms with Crippen LogP contribution in [0, 0.1) is 11.3 Å². The summed E-state index contributed by atoms with van der Waals surface area (Å²) in [4.78, 5) is 23.3. The van der Waals surface area contributed by atoms with Crippen molar-refractivity contribution in [2.45, 2.75) is 45.6 Å². The van der Waals surface area contributed by atoms with Crippen LogP contribution in [0.2, 0.25) is 0 Å². The van der Waals surface area contributed by atoms with Crippen LogP contribution in [0.15, 0.2) is 0 Å². The number of aliphatic carboxylic acids is 1. The molecule has 1 saturated carbocycles. The first kappa shape index (κ1) is 14.0. The lowest BCUT2D eigenvalue weighted by molar-refractivity contribution is -0.405. The van der Waals surface area contributed by atoms with E-state index < -0.39 is 28.9 Å². The molecule has 5 nitrogen and oxygen atoms in total. The highest BCUT2D eigenvalue weighted by Crippen LogP contribution is 2.43. The molecule has 2 atom stereocenters. The number of carboxylic acids is 1. The highest BCUT2D eigenvalue weighted by atomic mass is 16.6. The number of ether oxygens (including phenoxy) is 1. The molecule has 98 valence electrons. The van der Waals surface area contributed by atoms with E-state index in [4.69, 9.17) is 4.74 Å². The normalized spacial score (nSPS) is 29.1. The highest BCUT2D eigenvalue weighted by Gasteiger charge is 2.50. The van der Waals surface area contributed by atoms with Crippen molar-refractivity contribution in [3.8, 4) is 0 Å². The van der Waals surface area contributed by atoms with Crippen LogP contribution in [0.5, 0.6) is 0 Å². The van der Waals surface area contributed by atoms with Gasteiger partial charge in [-0.25, -0.2) is 0 Å². The summed E-state index contributed by atoms with van der Waals surface area (Å²) in [6.45, 7) is 5.47. The van der Waals surface area contributed by atoms with Crippen molar-refractivity contribution < 1.29 is 25.2 Å². The van der Waals surface area contributed by atoms with Gasteiger partial charge in [0.05, 0.1) is 23.8 Å². The van der Waals surface area contributed by atoms with Gasteiger partial charge in [0.1, 0.15) is 5.60 Å². The minimum absolute atomic E-state index is 0.166. The molecule has 0 aliphatic heterocycles. The first-order valence-electron chi connectivity index (χ1n) is 5.96. The Labute approximate surface area is 101 Å². The van der Waals surface area contributed by atoms with Crippen molar-refractivity contribution in [2.75, 3.05) is 6.54 Å². The Hall–Kier alpha value is -1.10. The molecule has 1 aliphatic carbocycles. The molecule has 0 unspecified atom stereocenters. The first-order valence-corrected chi connectivity index (χ1v) is 5.96. The minimum Gasteiger partial charge on any atom is -0.549 e. The molecule has 0 bridgehead atoms. The molecular formula is C12H21NO4. The van der Waals surface area contributed by atoms with E-state index in [9.17, 15) is 14.7 Å². The van der Waals surface area contributed by atoms with Gasteiger partial charge in [-0.15, -0.1) is 0 Å². The maximum Gasteiger partial charge on any atom is 0.310 e. The number of hydrogen-bond acceptors (Lipinski definition) is 4. The Morgan fingerprint density at radius 3 is 2.47 bits per heavy atom. The predicted molar refractivity (Wildman–Crippen MR) is 58.4 cm³/mol. The predicted octanol–water partition coefficient (Wildman–Crippen LogP) is -0.894. The Morgan fingerprint density at radius 1 is 1.47 bits per heavy atom. The monoisotopic (exact) mass is 243 g/mol. The lowest BCUT2D eigenvalue weighted by Crippen LogP contribution is -2.65. The summed E-state index contributed by atoms with van der Waals surface area (Å²) in [6, 6.07) is 0. The molecule has 0 radical (unpaired) electrons. The largest absolute Gasteiger partial charge is 0.549 e. The number of esters is 1. The van der Waals surface area contributed by atoms with E-state index in [1.54, 1.807) is 20.8 Å². The van der Waals surface area contributed by atoms with Crippen LogP contribution in [0.4, 0.5) is 0 Å². The fourth-order valence-corrected chi connectivity index (χ4v) is 2.43. The van der Waals surface area contributed by atoms with Crippen molar-refractivity contribution in [1.82, 2.24) is 0 Å². The Morgan fingerprint density at radius 2 is 2.06 bits per heavy atom. The number of hydrogen-bond donors (Lipinski definition) is 1. The average molecular weight is 243 g/mol. The summed E-state index contributed by atoms with van der Waals surface area (Å²) < 4.78 is 5.27. The molecule has 17 heavy (non-hydrogen) atoms. The second-order valence-corrected chi connectivity index (χ2v) is 5.67. The van der Waals surface area contributed by atoms with Crippen molar-refractivity contribution >= 4 is 11.9 Å². The molecule has 1 rings (SSSR count). The van der Waals surface area contributed by atoms with Gasteiger partial charge in [-0.05, 0) is 33.6 Å². The van der Waals surface area contributed by atoms with Gasteiger partial charge < -0.3 is 20.4 Å². The van der Waals surface area contributed by atoms with E-state index in [2.05, 4.69) is 5.73 Å². The van der Waals surface area contributed by atoms with Crippen LogP contribution in [-0.4, -0.2) is 24.1 Å². The molecule has 1 fully saturated rings. The van der Waals surface area contributed by atoms with E-state index in [0.29, 0.717) is 19.3 Å². The molecule has 0 heterocycles. The molecule has 3 N–H and O–H groups in total. The third kappa shape index (κ3) is 2.77. The molecule has 0 aromatic carbocycles. The van der Waals surface area contributed by atoms with Gasteiger partial charge >= 0.3 is 5.97 Å². The summed E-state index contributed by atoms with van der Waals surface area (Å²) in [7, 11) is 0. The first-order chi connectivity index (χ1) is 7.73. The van der Waals surface area contributed by atoms with Gasteiger partial charge in [0.25, 0.3) is 0 Å². The molecule has 0 spiro atoms. The Balaban J connectivity index is 2.89. The maximum atomic E-state index is 12.0. The fraction of sp³-hybridized carbons (Fsp3) is 0.833. The molecule has 5 heteroatoms. The van der Waals surface area contributed by atoms with Crippen LogP contribution < -0.4 is 10.8 Å². The molecule has 1 aliphatic rings. The fourth-order valence-electron chi connectivity index (χ4n) is 2.43. The summed E-state index contributed by atoms with van der Waals surface area (Å²) in [5, 5.41) is 11.3. The average Bonchev–Trinajstić information content (AvgIpc) is 2.59. The molecule has 0 aromatic rings. The van der Waals surface area contributed by atoms with Gasteiger partial charge in [-0.1, -0.05) is 6.42 Å². The minimum atomic E-state index is -1.18. The molecule has 0 amide bonds. The van der Waals surface area contributed by atoms with Gasteiger partial charge in [0.2, 0.25) is 0 Å². The topological polar surface area (TPSA) is 94.1 Å². The van der Waals surface area contributed by atoms with Crippen LogP contribution in [-0.2, 0) is 14.3 Å². The molecule has 0 aromatic heterocycles. The summed E-state index contributed by atoms with van der Waals surface area (Å²) in [6.07, 6.45) is 1.69. The Bertz CT molecular complexity index is 321. The lowest BCUT2D eigenvalue weighted by atomic mass is 9.78. The zero-order valence-corrected chi connectivity index (χ0v) is 10.7. The Kier molecular flexibility index (Phi) is 3.81. The molecular weight excluding hydrogens is 222 g/mol. The SMILES string of the molecule is CC(C)(C)OC(=O)[C@@H]1CCC[C@@]1(C[NH3+])C(=O)[O-]. The summed E-state index contributed by atoms with van der Waals surface area (Å²) in [5.74, 6) is -2.24. The van der Waals surface area contributed by atoms with Crippen LogP contribution >= 0.6 is 0 Å². The zero-order valence-electron chi connectivity index (χ0n) is 10.7. The second kappa shape index (κ2) is 4.64. The maximum absolute atomic E-state index is 12.0. The number of rotatable bonds is 3. The van der Waals surface area contributed by atoms with Crippen molar-refractivity contribution in [3.05, 3.63) is 0 Å². The van der Waals surface area contributed by atoms with Gasteiger partial charge in [-0.2, -0.15) is 0 Å². The third-order valence-electron chi connectivity index (χ3n) is 3.33. The van der Waals surface area contributed by atoms with Crippen LogP contribution in [0.1, 0.15) is 40.0 Å². The van der Waals surface area contributed by atoms with Gasteiger partial charge in [0, 0.05) is 0 Å². The number of carboxylic acid groups (broad SMARTS) is 1. The van der Waals surface area contributed by atoms with Crippen LogP contribution in [0.3, 0.4) is 0 Å². The van der Waals surface area contributed by atoms with E-state index in [-0.39, 0.29) is 6.54 Å². The second-order valence-electron chi connectivity index (χ2n) is 5.67. The number of quaternary nitrogens is 1. The molecule has 0 saturated heterocycles. The smallest absolute Gasteiger partial charge is 0.310 e. The number of carbonyl (C=O) groups is 2. The highest BCUT2D eigenvalue weighted by molar-refractivity contribution is 5.84. The van der Waals surface area contributed by atoms with Crippen molar-refractivity contribution in [1.29, 1.82) is 0 Å². The third-order valence-corrected chi connectivity index (χ3v) is 3.33. The summed E-state index contributed by atoms with van der Waals surface area (Å²) in [5.41, 5.74) is 1.93. The van der Waals surface area contributed by atoms with E-state index in [0.717, 1.165) is 0 Å². The van der Waals surface area contributed by atoms with E-state index >= 15 is 0 Å². The van der Waals surface area contributed by atoms with E-state index in [1.165, 1.54) is 0 Å². The number of carbonyl (C=O) groups excluding carboxylic acids is 2. The summed E-state index contributed by atoms with van der Waals surface area (Å²) >= 11 is 0. The van der Waals surface area contributed by atoms with Gasteiger partial charge in [-0.3, -0.25) is 4.79 Å². The zero-order chi connectivity index (χ0) is 13.3. The lowest BCUT2D eigenvalue weighted by Gasteiger charge is -2.33. The van der Waals surface area contributed by atoms with Crippen molar-refractivity contribution in [2.24, 2.45) is 11.3 Å². The van der Waals surface area contributed by atoms with Gasteiger partial charge in [0.15, 0.2) is 0 Å². The van der Waals surface area contributed by atoms with Crippen LogP contribution in [0.25, 0.3) is 0 Å².